The lowest BCUT2D eigenvalue weighted by molar-refractivity contribution is 0.624. The third kappa shape index (κ3) is 3.76. The first-order chi connectivity index (χ1) is 14.9. The van der Waals surface area contributed by atoms with Gasteiger partial charge in [0.25, 0.3) is 5.56 Å². The van der Waals surface area contributed by atoms with E-state index in [1.165, 1.54) is 29.0 Å². The molecule has 2 aromatic heterocycles. The number of hydrogen-bond acceptors (Lipinski definition) is 7. The van der Waals surface area contributed by atoms with Crippen molar-refractivity contribution in [2.24, 2.45) is 0 Å². The van der Waals surface area contributed by atoms with Crippen molar-refractivity contribution in [1.82, 2.24) is 19.5 Å². The monoisotopic (exact) mass is 435 g/mol. The zero-order chi connectivity index (χ0) is 22.1. The molecule has 1 atom stereocenters. The lowest BCUT2D eigenvalue weighted by atomic mass is 10.2. The zero-order valence-corrected chi connectivity index (χ0v) is 16.9. The number of halogens is 2. The van der Waals surface area contributed by atoms with Gasteiger partial charge in [-0.2, -0.15) is 10.2 Å². The molecule has 0 saturated heterocycles. The van der Waals surface area contributed by atoms with Crippen LogP contribution >= 0.6 is 11.6 Å². The van der Waals surface area contributed by atoms with Crippen molar-refractivity contribution in [1.29, 1.82) is 5.26 Å². The number of nitrogens with one attached hydrogen (secondary N) is 1. The van der Waals surface area contributed by atoms with Crippen LogP contribution in [-0.2, 0) is 0 Å². The normalized spacial score (nSPS) is 11.8. The van der Waals surface area contributed by atoms with Crippen LogP contribution in [0.5, 0.6) is 0 Å². The number of rotatable bonds is 4. The molecule has 0 bridgehead atoms. The summed E-state index contributed by atoms with van der Waals surface area (Å²) in [6.07, 6.45) is 1.30. The van der Waals surface area contributed by atoms with Crippen molar-refractivity contribution in [2.75, 3.05) is 11.1 Å². The number of nitrogens with two attached hydrogens (primary N) is 1. The molecule has 2 heterocycles. The maximum atomic E-state index is 14.0. The number of aromatic nitrogens is 4. The molecule has 8 nitrogen and oxygen atoms in total. The predicted molar refractivity (Wildman–Crippen MR) is 116 cm³/mol. The largest absolute Gasteiger partial charge is 0.368 e. The van der Waals surface area contributed by atoms with E-state index in [4.69, 9.17) is 17.3 Å². The molecule has 4 aromatic rings. The highest BCUT2D eigenvalue weighted by Gasteiger charge is 2.21. The Balaban J connectivity index is 1.95. The van der Waals surface area contributed by atoms with Crippen molar-refractivity contribution in [3.8, 4) is 11.8 Å². The molecular formula is C21H15ClFN7O. The maximum Gasteiger partial charge on any atom is 0.267 e. The topological polar surface area (TPSA) is 123 Å². The van der Waals surface area contributed by atoms with E-state index in [-0.39, 0.29) is 39.3 Å². The highest BCUT2D eigenvalue weighted by molar-refractivity contribution is 6.35. The zero-order valence-electron chi connectivity index (χ0n) is 16.2. The first kappa shape index (κ1) is 20.3. The van der Waals surface area contributed by atoms with Crippen molar-refractivity contribution >= 4 is 34.3 Å². The van der Waals surface area contributed by atoms with Crippen molar-refractivity contribution < 1.29 is 4.39 Å². The number of nitriles is 1. The Bertz CT molecular complexity index is 1410. The number of nitrogens with zero attached hydrogens (tertiary/aromatic N) is 5. The van der Waals surface area contributed by atoms with Crippen LogP contribution in [0, 0.1) is 17.1 Å². The van der Waals surface area contributed by atoms with Crippen LogP contribution in [-0.4, -0.2) is 19.5 Å². The second kappa shape index (κ2) is 8.01. The molecule has 31 heavy (non-hydrogen) atoms. The quantitative estimate of drug-likeness (QED) is 0.502. The molecule has 0 radical (unpaired) electrons. The minimum absolute atomic E-state index is 0.0190. The van der Waals surface area contributed by atoms with E-state index in [2.05, 4.69) is 20.3 Å². The van der Waals surface area contributed by atoms with E-state index in [1.54, 1.807) is 31.2 Å². The van der Waals surface area contributed by atoms with Gasteiger partial charge in [-0.3, -0.25) is 9.36 Å². The molecule has 154 valence electrons. The molecule has 0 fully saturated rings. The van der Waals surface area contributed by atoms with Gasteiger partial charge in [-0.1, -0.05) is 23.7 Å². The highest BCUT2D eigenvalue weighted by Crippen LogP contribution is 2.25. The average Bonchev–Trinajstić information content (AvgIpc) is 2.73. The van der Waals surface area contributed by atoms with Crippen molar-refractivity contribution in [2.45, 2.75) is 13.0 Å². The third-order valence-corrected chi connectivity index (χ3v) is 4.92. The minimum atomic E-state index is -0.624. The van der Waals surface area contributed by atoms with Crippen LogP contribution in [0.15, 0.2) is 53.5 Å². The van der Waals surface area contributed by atoms with Gasteiger partial charge >= 0.3 is 0 Å². The van der Waals surface area contributed by atoms with Gasteiger partial charge in [0.05, 0.1) is 33.9 Å². The van der Waals surface area contributed by atoms with Crippen LogP contribution < -0.4 is 16.6 Å². The summed E-state index contributed by atoms with van der Waals surface area (Å²) in [4.78, 5) is 25.9. The Labute approximate surface area is 180 Å². The molecule has 1 unspecified atom stereocenters. The standard InChI is InChI=1S/C21H15ClFN7O/c1-11(27-18-12(9-24)10-26-21(25)29-18)19-28-16-7-3-6-15(22)17(16)20(31)30(19)14-5-2-4-13(23)8-14/h2-8,10-11H,1H3,(H3,25,26,27,29). The summed E-state index contributed by atoms with van der Waals surface area (Å²) < 4.78 is 15.2. The van der Waals surface area contributed by atoms with Crippen LogP contribution in [0.4, 0.5) is 16.2 Å². The van der Waals surface area contributed by atoms with Crippen LogP contribution in [0.3, 0.4) is 0 Å². The average molecular weight is 436 g/mol. The molecular weight excluding hydrogens is 421 g/mol. The summed E-state index contributed by atoms with van der Waals surface area (Å²) in [7, 11) is 0. The molecule has 0 spiro atoms. The highest BCUT2D eigenvalue weighted by atomic mass is 35.5. The van der Waals surface area contributed by atoms with Gasteiger partial charge in [0.1, 0.15) is 29.1 Å². The van der Waals surface area contributed by atoms with Gasteiger partial charge < -0.3 is 11.1 Å². The summed E-state index contributed by atoms with van der Waals surface area (Å²) in [5, 5.41) is 12.8. The van der Waals surface area contributed by atoms with Crippen molar-refractivity contribution in [3.63, 3.8) is 0 Å². The Morgan fingerprint density at radius 2 is 2.03 bits per heavy atom. The fourth-order valence-electron chi connectivity index (χ4n) is 3.22. The summed E-state index contributed by atoms with van der Waals surface area (Å²) in [6.45, 7) is 1.73. The fraction of sp³-hybridized carbons (Fsp3) is 0.0952. The van der Waals surface area contributed by atoms with E-state index in [1.807, 2.05) is 6.07 Å². The number of benzene rings is 2. The van der Waals surface area contributed by atoms with Gasteiger partial charge in [0.15, 0.2) is 0 Å². The molecule has 2 aromatic carbocycles. The first-order valence-corrected chi connectivity index (χ1v) is 9.53. The molecule has 10 heteroatoms. The fourth-order valence-corrected chi connectivity index (χ4v) is 3.47. The van der Waals surface area contributed by atoms with Crippen LogP contribution in [0.1, 0.15) is 24.4 Å². The Morgan fingerprint density at radius 3 is 2.77 bits per heavy atom. The molecule has 3 N–H and O–H groups in total. The van der Waals surface area contributed by atoms with Gasteiger partial charge in [-0.05, 0) is 37.3 Å². The van der Waals surface area contributed by atoms with Gasteiger partial charge in [0.2, 0.25) is 5.95 Å². The summed E-state index contributed by atoms with van der Waals surface area (Å²) in [5.41, 5.74) is 6.04. The third-order valence-electron chi connectivity index (χ3n) is 4.61. The van der Waals surface area contributed by atoms with E-state index in [9.17, 15) is 14.4 Å². The number of hydrogen-bond donors (Lipinski definition) is 2. The molecule has 0 aliphatic carbocycles. The SMILES string of the molecule is CC(Nc1nc(N)ncc1C#N)c1nc2cccc(Cl)c2c(=O)n1-c1cccc(F)c1. The van der Waals surface area contributed by atoms with Crippen LogP contribution in [0.25, 0.3) is 16.6 Å². The predicted octanol–water partition coefficient (Wildman–Crippen LogP) is 3.60. The number of anilines is 2. The van der Waals surface area contributed by atoms with Gasteiger partial charge in [-0.15, -0.1) is 0 Å². The van der Waals surface area contributed by atoms with E-state index in [0.29, 0.717) is 5.52 Å². The lowest BCUT2D eigenvalue weighted by Crippen LogP contribution is -2.28. The molecule has 0 amide bonds. The molecule has 0 aliphatic heterocycles. The Hall–Kier alpha value is -4.03. The second-order valence-electron chi connectivity index (χ2n) is 6.69. The second-order valence-corrected chi connectivity index (χ2v) is 7.10. The van der Waals surface area contributed by atoms with Gasteiger partial charge in [0, 0.05) is 0 Å². The Kier molecular flexibility index (Phi) is 5.23. The van der Waals surface area contributed by atoms with Gasteiger partial charge in [-0.25, -0.2) is 14.4 Å². The summed E-state index contributed by atoms with van der Waals surface area (Å²) >= 11 is 6.26. The maximum absolute atomic E-state index is 14.0. The molecule has 0 saturated carbocycles. The smallest absolute Gasteiger partial charge is 0.267 e. The van der Waals surface area contributed by atoms with E-state index < -0.39 is 17.4 Å². The van der Waals surface area contributed by atoms with E-state index >= 15 is 0 Å². The minimum Gasteiger partial charge on any atom is -0.368 e. The van der Waals surface area contributed by atoms with Crippen molar-refractivity contribution in [3.05, 3.63) is 81.2 Å². The first-order valence-electron chi connectivity index (χ1n) is 9.15. The number of fused-ring (bicyclic) bond motifs is 1. The lowest BCUT2D eigenvalue weighted by Gasteiger charge is -2.20. The summed E-state index contributed by atoms with van der Waals surface area (Å²) in [6, 6.07) is 11.9. The van der Waals surface area contributed by atoms with Crippen LogP contribution in [0.2, 0.25) is 5.02 Å². The molecule has 4 rings (SSSR count). The molecule has 0 aliphatic rings. The summed E-state index contributed by atoms with van der Waals surface area (Å²) in [5.74, 6) is -0.0693. The van der Waals surface area contributed by atoms with E-state index in [0.717, 1.165) is 0 Å². The Morgan fingerprint density at radius 1 is 1.26 bits per heavy atom. The number of nitrogen functional groups attached to an aromatic ring is 1.